The number of imidazole rings is 1. The predicted molar refractivity (Wildman–Crippen MR) is 124 cm³/mol. The number of halogens is 3. The Hall–Kier alpha value is -2.74. The lowest BCUT2D eigenvalue weighted by Crippen LogP contribution is -2.13. The average Bonchev–Trinajstić information content (AvgIpc) is 3.13. The van der Waals surface area contributed by atoms with E-state index in [2.05, 4.69) is 36.5 Å². The van der Waals surface area contributed by atoms with E-state index in [-0.39, 0.29) is 5.91 Å². The summed E-state index contributed by atoms with van der Waals surface area (Å²) in [4.78, 5) is 20.5. The van der Waals surface area contributed by atoms with Crippen molar-refractivity contribution in [3.05, 3.63) is 74.7 Å². The van der Waals surface area contributed by atoms with E-state index in [4.69, 9.17) is 27.9 Å². The molecule has 3 N–H and O–H groups in total. The second-order valence-electron chi connectivity index (χ2n) is 6.34. The van der Waals surface area contributed by atoms with E-state index in [1.165, 1.54) is 7.11 Å². The smallest absolute Gasteiger partial charge is 0.259 e. The molecule has 0 atom stereocenters. The minimum absolute atomic E-state index is 0.303. The van der Waals surface area contributed by atoms with Crippen molar-refractivity contribution in [1.82, 2.24) is 9.97 Å². The SMILES string of the molecule is COc1cc2[nH]c(Nc3c(Cl)cccc3Cl)nc2cc1C(=O)Nc1ccc(Br)cc1. The molecule has 6 nitrogen and oxygen atoms in total. The molecule has 30 heavy (non-hydrogen) atoms. The average molecular weight is 506 g/mol. The Bertz CT molecular complexity index is 1220. The van der Waals surface area contributed by atoms with E-state index in [9.17, 15) is 4.79 Å². The van der Waals surface area contributed by atoms with Gasteiger partial charge in [0.1, 0.15) is 5.75 Å². The van der Waals surface area contributed by atoms with E-state index in [0.29, 0.717) is 49.7 Å². The maximum absolute atomic E-state index is 12.8. The lowest BCUT2D eigenvalue weighted by atomic mass is 10.1. The quantitative estimate of drug-likeness (QED) is 0.284. The zero-order valence-electron chi connectivity index (χ0n) is 15.6. The van der Waals surface area contributed by atoms with Crippen molar-refractivity contribution in [1.29, 1.82) is 0 Å². The molecule has 9 heteroatoms. The van der Waals surface area contributed by atoms with Gasteiger partial charge in [0.05, 0.1) is 39.4 Å². The van der Waals surface area contributed by atoms with Crippen molar-refractivity contribution in [2.24, 2.45) is 0 Å². The molecule has 1 heterocycles. The highest BCUT2D eigenvalue weighted by molar-refractivity contribution is 9.10. The third-order valence-corrected chi connectivity index (χ3v) is 5.51. The predicted octanol–water partition coefficient (Wildman–Crippen LogP) is 6.64. The van der Waals surface area contributed by atoms with Crippen LogP contribution in [0.1, 0.15) is 10.4 Å². The summed E-state index contributed by atoms with van der Waals surface area (Å²) >= 11 is 15.8. The van der Waals surface area contributed by atoms with Gasteiger partial charge in [0, 0.05) is 16.2 Å². The summed E-state index contributed by atoms with van der Waals surface area (Å²) in [6.07, 6.45) is 0. The van der Waals surface area contributed by atoms with Crippen LogP contribution in [0.5, 0.6) is 5.75 Å². The van der Waals surface area contributed by atoms with Crippen molar-refractivity contribution in [2.75, 3.05) is 17.7 Å². The number of nitrogens with one attached hydrogen (secondary N) is 3. The van der Waals surface area contributed by atoms with Crippen molar-refractivity contribution in [3.8, 4) is 5.75 Å². The van der Waals surface area contributed by atoms with Gasteiger partial charge in [-0.1, -0.05) is 45.2 Å². The molecule has 4 aromatic rings. The number of fused-ring (bicyclic) bond motifs is 1. The highest BCUT2D eigenvalue weighted by Gasteiger charge is 2.17. The lowest BCUT2D eigenvalue weighted by molar-refractivity contribution is 0.102. The number of aromatic nitrogens is 2. The van der Waals surface area contributed by atoms with Crippen LogP contribution in [0.15, 0.2) is 59.1 Å². The number of methoxy groups -OCH3 is 1. The molecule has 1 amide bonds. The monoisotopic (exact) mass is 504 g/mol. The minimum Gasteiger partial charge on any atom is -0.496 e. The van der Waals surface area contributed by atoms with Gasteiger partial charge in [-0.3, -0.25) is 4.79 Å². The van der Waals surface area contributed by atoms with Crippen LogP contribution in [0.25, 0.3) is 11.0 Å². The molecule has 0 aliphatic rings. The Morgan fingerprint density at radius 2 is 1.80 bits per heavy atom. The summed E-state index contributed by atoms with van der Waals surface area (Å²) in [6.45, 7) is 0. The van der Waals surface area contributed by atoms with E-state index >= 15 is 0 Å². The molecule has 3 aromatic carbocycles. The third-order valence-electron chi connectivity index (χ3n) is 4.36. The zero-order valence-corrected chi connectivity index (χ0v) is 18.7. The first-order valence-electron chi connectivity index (χ1n) is 8.80. The van der Waals surface area contributed by atoms with Gasteiger partial charge in [-0.05, 0) is 42.5 Å². The molecular weight excluding hydrogens is 491 g/mol. The van der Waals surface area contributed by atoms with Crippen LogP contribution < -0.4 is 15.4 Å². The Morgan fingerprint density at radius 1 is 1.10 bits per heavy atom. The van der Waals surface area contributed by atoms with Crippen molar-refractivity contribution in [3.63, 3.8) is 0 Å². The van der Waals surface area contributed by atoms with E-state index in [1.807, 2.05) is 12.1 Å². The maximum atomic E-state index is 12.8. The number of hydrogen-bond acceptors (Lipinski definition) is 4. The number of H-pyrrole nitrogens is 1. The summed E-state index contributed by atoms with van der Waals surface area (Å²) < 4.78 is 6.34. The molecule has 1 aromatic heterocycles. The lowest BCUT2D eigenvalue weighted by Gasteiger charge is -2.09. The van der Waals surface area contributed by atoms with Crippen LogP contribution >= 0.6 is 39.1 Å². The minimum atomic E-state index is -0.303. The number of hydrogen-bond donors (Lipinski definition) is 3. The number of ether oxygens (including phenoxy) is 1. The summed E-state index contributed by atoms with van der Waals surface area (Å²) in [7, 11) is 1.51. The number of para-hydroxylation sites is 1. The highest BCUT2D eigenvalue weighted by Crippen LogP contribution is 2.33. The molecule has 0 radical (unpaired) electrons. The second kappa shape index (κ2) is 8.55. The molecular formula is C21H15BrCl2N4O2. The molecule has 4 rings (SSSR count). The molecule has 152 valence electrons. The first-order chi connectivity index (χ1) is 14.4. The summed E-state index contributed by atoms with van der Waals surface area (Å²) in [5.74, 6) is 0.554. The topological polar surface area (TPSA) is 79.0 Å². The van der Waals surface area contributed by atoms with Crippen LogP contribution in [0.4, 0.5) is 17.3 Å². The fourth-order valence-electron chi connectivity index (χ4n) is 2.91. The fraction of sp³-hybridized carbons (Fsp3) is 0.0476. The van der Waals surface area contributed by atoms with Crippen LogP contribution in [-0.2, 0) is 0 Å². The summed E-state index contributed by atoms with van der Waals surface area (Å²) in [6, 6.07) is 15.9. The van der Waals surface area contributed by atoms with Crippen molar-refractivity contribution in [2.45, 2.75) is 0 Å². The molecule has 0 unspecified atom stereocenters. The Labute approximate surface area is 190 Å². The molecule has 0 saturated carbocycles. The molecule has 0 fully saturated rings. The molecule has 0 bridgehead atoms. The van der Waals surface area contributed by atoms with Gasteiger partial charge in [-0.2, -0.15) is 0 Å². The highest BCUT2D eigenvalue weighted by atomic mass is 79.9. The fourth-order valence-corrected chi connectivity index (χ4v) is 3.67. The van der Waals surface area contributed by atoms with Crippen LogP contribution in [0.2, 0.25) is 10.0 Å². The van der Waals surface area contributed by atoms with E-state index in [1.54, 1.807) is 42.5 Å². The van der Waals surface area contributed by atoms with Gasteiger partial charge in [-0.25, -0.2) is 4.98 Å². The van der Waals surface area contributed by atoms with Crippen molar-refractivity contribution < 1.29 is 9.53 Å². The summed E-state index contributed by atoms with van der Waals surface area (Å²) in [5, 5.41) is 6.88. The van der Waals surface area contributed by atoms with Gasteiger partial charge >= 0.3 is 0 Å². The van der Waals surface area contributed by atoms with Crippen LogP contribution in [-0.4, -0.2) is 23.0 Å². The standard InChI is InChI=1S/C21H15BrCl2N4O2/c1-30-18-10-17-16(9-13(18)20(29)25-12-7-5-11(22)6-8-12)26-21(27-17)28-19-14(23)3-2-4-15(19)24/h2-10H,1H3,(H,25,29)(H2,26,27,28). The second-order valence-corrected chi connectivity index (χ2v) is 8.07. The Balaban J connectivity index is 1.66. The van der Waals surface area contributed by atoms with E-state index < -0.39 is 0 Å². The number of carbonyl (C=O) groups is 1. The number of amides is 1. The molecule has 0 saturated heterocycles. The number of nitrogens with zero attached hydrogens (tertiary/aromatic N) is 1. The maximum Gasteiger partial charge on any atom is 0.259 e. The molecule has 0 aliphatic heterocycles. The first kappa shape index (κ1) is 20.5. The zero-order chi connectivity index (χ0) is 21.3. The molecule has 0 spiro atoms. The van der Waals surface area contributed by atoms with Crippen LogP contribution in [0, 0.1) is 0 Å². The third kappa shape index (κ3) is 4.23. The normalized spacial score (nSPS) is 10.8. The van der Waals surface area contributed by atoms with Gasteiger partial charge < -0.3 is 20.4 Å². The van der Waals surface area contributed by atoms with E-state index in [0.717, 1.165) is 4.47 Å². The van der Waals surface area contributed by atoms with Crippen molar-refractivity contribution >= 4 is 73.4 Å². The van der Waals surface area contributed by atoms with Crippen LogP contribution in [0.3, 0.4) is 0 Å². The van der Waals surface area contributed by atoms with Gasteiger partial charge in [0.15, 0.2) is 0 Å². The van der Waals surface area contributed by atoms with Gasteiger partial charge in [0.2, 0.25) is 5.95 Å². The number of benzene rings is 3. The summed E-state index contributed by atoms with van der Waals surface area (Å²) in [5.41, 5.74) is 2.85. The number of aromatic amines is 1. The van der Waals surface area contributed by atoms with Gasteiger partial charge in [-0.15, -0.1) is 0 Å². The number of anilines is 3. The Kier molecular flexibility index (Phi) is 5.85. The largest absolute Gasteiger partial charge is 0.496 e. The number of rotatable bonds is 5. The molecule has 0 aliphatic carbocycles. The Morgan fingerprint density at radius 3 is 2.47 bits per heavy atom. The van der Waals surface area contributed by atoms with Gasteiger partial charge in [0.25, 0.3) is 5.91 Å². The number of carbonyl (C=O) groups excluding carboxylic acids is 1. The first-order valence-corrected chi connectivity index (χ1v) is 10.3.